The summed E-state index contributed by atoms with van der Waals surface area (Å²) in [5.41, 5.74) is 0. The van der Waals surface area contributed by atoms with Gasteiger partial charge in [-0.15, -0.1) is 0 Å². The van der Waals surface area contributed by atoms with Gasteiger partial charge < -0.3 is 15.4 Å². The van der Waals surface area contributed by atoms with Crippen molar-refractivity contribution in [2.45, 2.75) is 13.8 Å². The monoisotopic (exact) mass is 356 g/mol. The van der Waals surface area contributed by atoms with Crippen LogP contribution in [0.2, 0.25) is 0 Å². The van der Waals surface area contributed by atoms with Crippen LogP contribution in [0.15, 0.2) is 35.3 Å². The number of rotatable bonds is 10. The Kier molecular flexibility index (Phi) is 9.18. The summed E-state index contributed by atoms with van der Waals surface area (Å²) in [6.45, 7) is 6.01. The lowest BCUT2D eigenvalue weighted by atomic mass is 10.3. The molecular weight excluding hydrogens is 328 g/mol. The molecule has 24 heavy (non-hydrogen) atoms. The highest BCUT2D eigenvalue weighted by Crippen LogP contribution is 2.07. The highest BCUT2D eigenvalue weighted by molar-refractivity contribution is 7.89. The van der Waals surface area contributed by atoms with E-state index in [1.165, 1.54) is 4.31 Å². The standard InChI is InChI=1S/C16H28N4O3S/c1-4-20(5-2)24(21,22)14-12-19-16(17-3)18-11-13-23-15-9-7-6-8-10-15/h6-10H,4-5,11-14H2,1-3H3,(H2,17,18,19). The molecule has 0 bridgehead atoms. The van der Waals surface area contributed by atoms with Crippen molar-refractivity contribution in [3.05, 3.63) is 30.3 Å². The Balaban J connectivity index is 2.28. The normalized spacial score (nSPS) is 12.2. The Morgan fingerprint density at radius 2 is 1.75 bits per heavy atom. The van der Waals surface area contributed by atoms with E-state index in [0.29, 0.717) is 38.7 Å². The van der Waals surface area contributed by atoms with E-state index in [1.54, 1.807) is 7.05 Å². The van der Waals surface area contributed by atoms with Crippen LogP contribution < -0.4 is 15.4 Å². The van der Waals surface area contributed by atoms with Gasteiger partial charge in [0.05, 0.1) is 12.3 Å². The van der Waals surface area contributed by atoms with E-state index < -0.39 is 10.0 Å². The first-order valence-electron chi connectivity index (χ1n) is 8.13. The predicted octanol–water partition coefficient (Wildman–Crippen LogP) is 0.902. The molecule has 0 heterocycles. The Morgan fingerprint density at radius 1 is 1.12 bits per heavy atom. The van der Waals surface area contributed by atoms with Crippen molar-refractivity contribution >= 4 is 16.0 Å². The fourth-order valence-electron chi connectivity index (χ4n) is 2.12. The van der Waals surface area contributed by atoms with Gasteiger partial charge in [0.1, 0.15) is 12.4 Å². The quantitative estimate of drug-likeness (QED) is 0.370. The van der Waals surface area contributed by atoms with Gasteiger partial charge in [0.25, 0.3) is 0 Å². The first-order chi connectivity index (χ1) is 11.5. The van der Waals surface area contributed by atoms with Crippen LogP contribution in [0.1, 0.15) is 13.8 Å². The maximum atomic E-state index is 12.1. The zero-order chi connectivity index (χ0) is 17.8. The third-order valence-electron chi connectivity index (χ3n) is 3.38. The largest absolute Gasteiger partial charge is 0.492 e. The molecule has 0 unspecified atom stereocenters. The number of nitrogens with one attached hydrogen (secondary N) is 2. The summed E-state index contributed by atoms with van der Waals surface area (Å²) in [6, 6.07) is 9.55. The van der Waals surface area contributed by atoms with Crippen LogP contribution in [0.5, 0.6) is 5.75 Å². The highest BCUT2D eigenvalue weighted by Gasteiger charge is 2.18. The number of hydrogen-bond donors (Lipinski definition) is 2. The Bertz CT molecular complexity index is 587. The summed E-state index contributed by atoms with van der Waals surface area (Å²) in [7, 11) is -1.58. The van der Waals surface area contributed by atoms with Gasteiger partial charge in [-0.2, -0.15) is 0 Å². The van der Waals surface area contributed by atoms with Gasteiger partial charge in [0.15, 0.2) is 5.96 Å². The maximum Gasteiger partial charge on any atom is 0.215 e. The fraction of sp³-hybridized carbons (Fsp3) is 0.562. The van der Waals surface area contributed by atoms with Crippen LogP contribution in [-0.2, 0) is 10.0 Å². The Labute approximate surface area is 145 Å². The number of hydrogen-bond acceptors (Lipinski definition) is 4. The van der Waals surface area contributed by atoms with E-state index >= 15 is 0 Å². The average molecular weight is 356 g/mol. The van der Waals surface area contributed by atoms with Gasteiger partial charge in [-0.1, -0.05) is 32.0 Å². The molecule has 0 fully saturated rings. The smallest absolute Gasteiger partial charge is 0.215 e. The van der Waals surface area contributed by atoms with Crippen LogP contribution >= 0.6 is 0 Å². The third kappa shape index (κ3) is 7.18. The van der Waals surface area contributed by atoms with E-state index in [4.69, 9.17) is 4.74 Å². The molecule has 0 amide bonds. The predicted molar refractivity (Wildman–Crippen MR) is 98.0 cm³/mol. The second-order valence-corrected chi connectivity index (χ2v) is 7.08. The van der Waals surface area contributed by atoms with Crippen LogP contribution in [-0.4, -0.2) is 64.3 Å². The zero-order valence-electron chi connectivity index (χ0n) is 14.7. The van der Waals surface area contributed by atoms with Crippen molar-refractivity contribution < 1.29 is 13.2 Å². The highest BCUT2D eigenvalue weighted by atomic mass is 32.2. The van der Waals surface area contributed by atoms with Gasteiger partial charge in [-0.05, 0) is 12.1 Å². The van der Waals surface area contributed by atoms with Crippen molar-refractivity contribution in [2.75, 3.05) is 45.6 Å². The molecule has 0 saturated carbocycles. The first kappa shape index (κ1) is 20.2. The van der Waals surface area contributed by atoms with Crippen molar-refractivity contribution in [2.24, 2.45) is 4.99 Å². The molecular formula is C16H28N4O3S. The molecule has 0 saturated heterocycles. The van der Waals surface area contributed by atoms with Gasteiger partial charge in [0, 0.05) is 26.7 Å². The van der Waals surface area contributed by atoms with Gasteiger partial charge in [-0.25, -0.2) is 12.7 Å². The van der Waals surface area contributed by atoms with Gasteiger partial charge in [0.2, 0.25) is 10.0 Å². The van der Waals surface area contributed by atoms with E-state index in [9.17, 15) is 8.42 Å². The summed E-state index contributed by atoms with van der Waals surface area (Å²) in [5, 5.41) is 6.09. The molecule has 1 aromatic rings. The van der Waals surface area contributed by atoms with E-state index in [1.807, 2.05) is 44.2 Å². The summed E-state index contributed by atoms with van der Waals surface area (Å²) in [5.74, 6) is 1.41. The molecule has 136 valence electrons. The molecule has 1 aromatic carbocycles. The zero-order valence-corrected chi connectivity index (χ0v) is 15.5. The molecule has 2 N–H and O–H groups in total. The van der Waals surface area contributed by atoms with Gasteiger partial charge in [-0.3, -0.25) is 4.99 Å². The molecule has 0 spiro atoms. The molecule has 8 heteroatoms. The lowest BCUT2D eigenvalue weighted by molar-refractivity contribution is 0.322. The number of aliphatic imine (C=N–C) groups is 1. The van der Waals surface area contributed by atoms with Crippen LogP contribution in [0.4, 0.5) is 0 Å². The van der Waals surface area contributed by atoms with Crippen LogP contribution in [0.3, 0.4) is 0 Å². The number of ether oxygens (including phenoxy) is 1. The molecule has 7 nitrogen and oxygen atoms in total. The van der Waals surface area contributed by atoms with Crippen LogP contribution in [0.25, 0.3) is 0 Å². The molecule has 0 atom stereocenters. The van der Waals surface area contributed by atoms with Crippen molar-refractivity contribution in [1.29, 1.82) is 0 Å². The third-order valence-corrected chi connectivity index (χ3v) is 5.40. The number of benzene rings is 1. The van der Waals surface area contributed by atoms with Gasteiger partial charge >= 0.3 is 0 Å². The minimum absolute atomic E-state index is 0.0376. The lowest BCUT2D eigenvalue weighted by Crippen LogP contribution is -2.43. The van der Waals surface area contributed by atoms with Crippen molar-refractivity contribution in [1.82, 2.24) is 14.9 Å². The minimum atomic E-state index is -3.22. The average Bonchev–Trinajstić information content (AvgIpc) is 2.58. The summed E-state index contributed by atoms with van der Waals surface area (Å²) < 4.78 is 31.2. The Morgan fingerprint density at radius 3 is 2.33 bits per heavy atom. The van der Waals surface area contributed by atoms with Crippen molar-refractivity contribution in [3.63, 3.8) is 0 Å². The Hall–Kier alpha value is -1.80. The number of nitrogens with zero attached hydrogens (tertiary/aromatic N) is 2. The molecule has 0 aromatic heterocycles. The molecule has 0 radical (unpaired) electrons. The lowest BCUT2D eigenvalue weighted by Gasteiger charge is -2.19. The molecule has 0 aliphatic rings. The topological polar surface area (TPSA) is 83.0 Å². The molecule has 0 aliphatic carbocycles. The van der Waals surface area contributed by atoms with Crippen LogP contribution in [0, 0.1) is 0 Å². The van der Waals surface area contributed by atoms with E-state index in [-0.39, 0.29) is 5.75 Å². The summed E-state index contributed by atoms with van der Waals surface area (Å²) in [4.78, 5) is 4.07. The molecule has 0 aliphatic heterocycles. The summed E-state index contributed by atoms with van der Waals surface area (Å²) in [6.07, 6.45) is 0. The van der Waals surface area contributed by atoms with E-state index in [2.05, 4.69) is 15.6 Å². The summed E-state index contributed by atoms with van der Waals surface area (Å²) >= 11 is 0. The fourth-order valence-corrected chi connectivity index (χ4v) is 3.53. The number of sulfonamides is 1. The number of guanidine groups is 1. The molecule has 1 rings (SSSR count). The van der Waals surface area contributed by atoms with E-state index in [0.717, 1.165) is 5.75 Å². The maximum absolute atomic E-state index is 12.1. The number of para-hydroxylation sites is 1. The first-order valence-corrected chi connectivity index (χ1v) is 9.74. The SMILES string of the molecule is CCN(CC)S(=O)(=O)CCNC(=NC)NCCOc1ccccc1. The second-order valence-electron chi connectivity index (χ2n) is 4.99. The minimum Gasteiger partial charge on any atom is -0.492 e. The van der Waals surface area contributed by atoms with Crippen molar-refractivity contribution in [3.8, 4) is 5.75 Å². The second kappa shape index (κ2) is 10.9.